The van der Waals surface area contributed by atoms with Gasteiger partial charge in [-0.2, -0.15) is 0 Å². The number of carbonyl (C=O) groups excluding carboxylic acids is 1. The average Bonchev–Trinajstić information content (AvgIpc) is 1.83. The highest BCUT2D eigenvalue weighted by Crippen LogP contribution is 2.19. The van der Waals surface area contributed by atoms with Gasteiger partial charge in [0.25, 0.3) is 0 Å². The summed E-state index contributed by atoms with van der Waals surface area (Å²) < 4.78 is 4.85. The normalized spacial score (nSPS) is 13.2. The smallest absolute Gasteiger partial charge is 0.405 e. The first-order chi connectivity index (χ1) is 5.37. The summed E-state index contributed by atoms with van der Waals surface area (Å²) in [6.45, 7) is 5.46. The van der Waals surface area contributed by atoms with Gasteiger partial charge >= 0.3 is 6.09 Å². The molecule has 0 radical (unpaired) electrons. The van der Waals surface area contributed by atoms with Gasteiger partial charge < -0.3 is 10.5 Å². The van der Waals surface area contributed by atoms with Crippen LogP contribution >= 0.6 is 0 Å². The molecular weight excluding hydrogens is 154 g/mol. The zero-order valence-corrected chi connectivity index (χ0v) is 7.76. The molecular formula is C9H15NO2. The van der Waals surface area contributed by atoms with Crippen molar-refractivity contribution in [1.82, 2.24) is 0 Å². The topological polar surface area (TPSA) is 52.3 Å². The molecule has 0 rings (SSSR count). The first-order valence-electron chi connectivity index (χ1n) is 3.82. The van der Waals surface area contributed by atoms with Crippen molar-refractivity contribution in [3.05, 3.63) is 0 Å². The Morgan fingerprint density at radius 1 is 1.75 bits per heavy atom. The molecule has 1 atom stereocenters. The molecule has 0 bridgehead atoms. The molecule has 3 nitrogen and oxygen atoms in total. The highest BCUT2D eigenvalue weighted by Gasteiger charge is 2.23. The third-order valence-electron chi connectivity index (χ3n) is 1.46. The van der Waals surface area contributed by atoms with Gasteiger partial charge in [-0.15, -0.1) is 12.3 Å². The van der Waals surface area contributed by atoms with E-state index in [1.165, 1.54) is 0 Å². The lowest BCUT2D eigenvalue weighted by atomic mass is 9.95. The Balaban J connectivity index is 4.05. The molecule has 0 fully saturated rings. The lowest BCUT2D eigenvalue weighted by molar-refractivity contribution is 0.0332. The minimum atomic E-state index is -0.760. The van der Waals surface area contributed by atoms with Crippen LogP contribution in [0.25, 0.3) is 0 Å². The highest BCUT2D eigenvalue weighted by atomic mass is 16.6. The molecule has 0 unspecified atom stereocenters. The second kappa shape index (κ2) is 4.01. The van der Waals surface area contributed by atoms with Crippen LogP contribution in [0.15, 0.2) is 0 Å². The van der Waals surface area contributed by atoms with E-state index in [0.717, 1.165) is 0 Å². The molecule has 0 aliphatic heterocycles. The van der Waals surface area contributed by atoms with E-state index in [4.69, 9.17) is 16.9 Å². The SMILES string of the molecule is C#C[C@H](C)CC(C)(C)OC(N)=O. The van der Waals surface area contributed by atoms with E-state index in [2.05, 4.69) is 5.92 Å². The fourth-order valence-corrected chi connectivity index (χ4v) is 1.11. The van der Waals surface area contributed by atoms with Crippen molar-refractivity contribution in [2.24, 2.45) is 11.7 Å². The molecule has 0 aliphatic rings. The Morgan fingerprint density at radius 3 is 2.58 bits per heavy atom. The second-order valence-electron chi connectivity index (χ2n) is 3.45. The van der Waals surface area contributed by atoms with Crippen LogP contribution in [-0.2, 0) is 4.74 Å². The van der Waals surface area contributed by atoms with E-state index in [0.29, 0.717) is 6.42 Å². The van der Waals surface area contributed by atoms with E-state index < -0.39 is 11.7 Å². The molecule has 0 aromatic heterocycles. The largest absolute Gasteiger partial charge is 0.444 e. The molecule has 0 heterocycles. The van der Waals surface area contributed by atoms with Crippen LogP contribution in [0.1, 0.15) is 27.2 Å². The third kappa shape index (κ3) is 4.62. The summed E-state index contributed by atoms with van der Waals surface area (Å²) in [7, 11) is 0. The molecule has 0 aliphatic carbocycles. The van der Waals surface area contributed by atoms with Crippen LogP contribution in [0.3, 0.4) is 0 Å². The molecule has 68 valence electrons. The molecule has 0 aromatic rings. The van der Waals surface area contributed by atoms with E-state index in [1.807, 2.05) is 6.92 Å². The monoisotopic (exact) mass is 169 g/mol. The molecule has 0 saturated heterocycles. The number of ether oxygens (including phenoxy) is 1. The lowest BCUT2D eigenvalue weighted by Gasteiger charge is -2.25. The number of terminal acetylenes is 1. The van der Waals surface area contributed by atoms with Crippen molar-refractivity contribution in [2.45, 2.75) is 32.8 Å². The quantitative estimate of drug-likeness (QED) is 0.651. The molecule has 0 aromatic carbocycles. The van der Waals surface area contributed by atoms with Crippen molar-refractivity contribution >= 4 is 6.09 Å². The van der Waals surface area contributed by atoms with Gasteiger partial charge in [0.05, 0.1) is 0 Å². The van der Waals surface area contributed by atoms with Crippen molar-refractivity contribution in [3.8, 4) is 12.3 Å². The van der Waals surface area contributed by atoms with Crippen LogP contribution in [-0.4, -0.2) is 11.7 Å². The van der Waals surface area contributed by atoms with Crippen LogP contribution in [0.2, 0.25) is 0 Å². The first-order valence-corrected chi connectivity index (χ1v) is 3.82. The first kappa shape index (κ1) is 10.8. The van der Waals surface area contributed by atoms with Crippen molar-refractivity contribution in [3.63, 3.8) is 0 Å². The number of rotatable bonds is 3. The molecule has 12 heavy (non-hydrogen) atoms. The summed E-state index contributed by atoms with van der Waals surface area (Å²) >= 11 is 0. The van der Waals surface area contributed by atoms with Gasteiger partial charge in [-0.1, -0.05) is 6.92 Å². The van der Waals surface area contributed by atoms with Gasteiger partial charge in [0.1, 0.15) is 5.60 Å². The summed E-state index contributed by atoms with van der Waals surface area (Å²) in [5.74, 6) is 2.64. The minimum Gasteiger partial charge on any atom is -0.444 e. The van der Waals surface area contributed by atoms with Gasteiger partial charge in [-0.25, -0.2) is 4.79 Å². The van der Waals surface area contributed by atoms with Crippen LogP contribution < -0.4 is 5.73 Å². The maximum absolute atomic E-state index is 10.4. The third-order valence-corrected chi connectivity index (χ3v) is 1.46. The second-order valence-corrected chi connectivity index (χ2v) is 3.45. The summed E-state index contributed by atoms with van der Waals surface area (Å²) in [4.78, 5) is 10.4. The number of nitrogens with two attached hydrogens (primary N) is 1. The molecule has 2 N–H and O–H groups in total. The number of primary amides is 1. The van der Waals surface area contributed by atoms with Gasteiger partial charge in [0.2, 0.25) is 0 Å². The number of carbonyl (C=O) groups is 1. The zero-order chi connectivity index (χ0) is 9.78. The van der Waals surface area contributed by atoms with Gasteiger partial charge in [-0.05, 0) is 13.8 Å². The Kier molecular flexibility index (Phi) is 3.62. The number of amides is 1. The lowest BCUT2D eigenvalue weighted by Crippen LogP contribution is -2.32. The zero-order valence-electron chi connectivity index (χ0n) is 7.76. The summed E-state index contributed by atoms with van der Waals surface area (Å²) in [6, 6.07) is 0. The van der Waals surface area contributed by atoms with Crippen molar-refractivity contribution in [2.75, 3.05) is 0 Å². The van der Waals surface area contributed by atoms with Crippen LogP contribution in [0.4, 0.5) is 4.79 Å². The number of hydrogen-bond acceptors (Lipinski definition) is 2. The molecule has 1 amide bonds. The van der Waals surface area contributed by atoms with E-state index in [1.54, 1.807) is 13.8 Å². The Hall–Kier alpha value is -1.17. The number of hydrogen-bond donors (Lipinski definition) is 1. The standard InChI is InChI=1S/C9H15NO2/c1-5-7(2)6-9(3,4)12-8(10)11/h1,7H,6H2,2-4H3,(H2,10,11)/t7-/m0/s1. The van der Waals surface area contributed by atoms with E-state index in [9.17, 15) is 4.79 Å². The van der Waals surface area contributed by atoms with Gasteiger partial charge in [0, 0.05) is 12.3 Å². The summed E-state index contributed by atoms with van der Waals surface area (Å²) in [5.41, 5.74) is 4.31. The fourth-order valence-electron chi connectivity index (χ4n) is 1.11. The maximum atomic E-state index is 10.4. The minimum absolute atomic E-state index is 0.0827. The Morgan fingerprint density at radius 2 is 2.25 bits per heavy atom. The van der Waals surface area contributed by atoms with Gasteiger partial charge in [0.15, 0.2) is 0 Å². The molecule has 3 heteroatoms. The fraction of sp³-hybridized carbons (Fsp3) is 0.667. The predicted molar refractivity (Wildman–Crippen MR) is 47.4 cm³/mol. The molecule has 0 saturated carbocycles. The van der Waals surface area contributed by atoms with Crippen molar-refractivity contribution < 1.29 is 9.53 Å². The van der Waals surface area contributed by atoms with E-state index >= 15 is 0 Å². The average molecular weight is 169 g/mol. The van der Waals surface area contributed by atoms with Crippen molar-refractivity contribution in [1.29, 1.82) is 0 Å². The van der Waals surface area contributed by atoms with Crippen LogP contribution in [0, 0.1) is 18.3 Å². The maximum Gasteiger partial charge on any atom is 0.405 e. The summed E-state index contributed by atoms with van der Waals surface area (Å²) in [6.07, 6.45) is 5.05. The highest BCUT2D eigenvalue weighted by molar-refractivity contribution is 5.65. The Bertz CT molecular complexity index is 203. The molecule has 0 spiro atoms. The van der Waals surface area contributed by atoms with E-state index in [-0.39, 0.29) is 5.92 Å². The summed E-state index contributed by atoms with van der Waals surface area (Å²) in [5, 5.41) is 0. The van der Waals surface area contributed by atoms with Gasteiger partial charge in [-0.3, -0.25) is 0 Å². The predicted octanol–water partition coefficient (Wildman–Crippen LogP) is 1.52. The van der Waals surface area contributed by atoms with Crippen LogP contribution in [0.5, 0.6) is 0 Å². The Labute approximate surface area is 73.3 Å².